The maximum Gasteiger partial charge on any atom is 0.329 e. The summed E-state index contributed by atoms with van der Waals surface area (Å²) in [6.45, 7) is 3.07. The van der Waals surface area contributed by atoms with Gasteiger partial charge < -0.3 is 24.1 Å². The Hall–Kier alpha value is -3.01. The van der Waals surface area contributed by atoms with Crippen molar-refractivity contribution in [2.24, 2.45) is 7.05 Å². The predicted molar refractivity (Wildman–Crippen MR) is 126 cm³/mol. The van der Waals surface area contributed by atoms with Gasteiger partial charge in [-0.1, -0.05) is 17.9 Å². The number of benzene rings is 1. The Morgan fingerprint density at radius 2 is 1.54 bits per heavy atom. The lowest BCUT2D eigenvalue weighted by atomic mass is 10.0. The number of imide groups is 1. The molecule has 0 spiro atoms. The van der Waals surface area contributed by atoms with Crippen molar-refractivity contribution in [1.82, 2.24) is 14.5 Å². The highest BCUT2D eigenvalue weighted by Crippen LogP contribution is 2.25. The van der Waals surface area contributed by atoms with Crippen molar-refractivity contribution in [3.8, 4) is 11.8 Å². The Labute approximate surface area is 202 Å². The highest BCUT2D eigenvalue weighted by molar-refractivity contribution is 5.98. The molecule has 3 rings (SSSR count). The maximum absolute atomic E-state index is 12.9. The molecule has 11 nitrogen and oxygen atoms in total. The van der Waals surface area contributed by atoms with Gasteiger partial charge in [-0.25, -0.2) is 4.79 Å². The van der Waals surface area contributed by atoms with Crippen molar-refractivity contribution < 1.29 is 33.6 Å². The van der Waals surface area contributed by atoms with E-state index in [1.54, 1.807) is 19.2 Å². The fraction of sp³-hybridized carbons (Fsp3) is 0.542. The zero-order chi connectivity index (χ0) is 25.0. The summed E-state index contributed by atoms with van der Waals surface area (Å²) in [7, 11) is 1.65. The number of nitrogens with zero attached hydrogens (tertiary/aromatic N) is 2. The molecule has 1 aromatic heterocycles. The van der Waals surface area contributed by atoms with Crippen LogP contribution in [0, 0.1) is 11.8 Å². The minimum absolute atomic E-state index is 0.00121. The number of imidazole rings is 1. The van der Waals surface area contributed by atoms with Crippen LogP contribution in [-0.2, 0) is 35.6 Å². The number of carbonyl (C=O) groups excluding carboxylic acids is 2. The molecule has 2 N–H and O–H groups in total. The Morgan fingerprint density at radius 3 is 2.17 bits per heavy atom. The molecule has 0 radical (unpaired) electrons. The van der Waals surface area contributed by atoms with Crippen molar-refractivity contribution in [3.63, 3.8) is 0 Å². The van der Waals surface area contributed by atoms with Crippen LogP contribution in [0.3, 0.4) is 0 Å². The van der Waals surface area contributed by atoms with Gasteiger partial charge in [-0.15, -0.1) is 0 Å². The number of hydrogen-bond donors (Lipinski definition) is 2. The van der Waals surface area contributed by atoms with Crippen molar-refractivity contribution >= 4 is 22.8 Å². The summed E-state index contributed by atoms with van der Waals surface area (Å²) in [5, 5.41) is 10.9. The molecule has 1 aromatic carbocycles. The summed E-state index contributed by atoms with van der Waals surface area (Å²) < 4.78 is 24.3. The van der Waals surface area contributed by atoms with E-state index in [2.05, 4.69) is 17.2 Å². The largest absolute Gasteiger partial charge is 0.394 e. The standard InChI is InChI=1S/C24H31N3O8/c1-26-23-18(5-3-8-32-10-12-34-14-15-35-13-11-33-9-7-28)4-2-6-20(23)27(24(26)31)19-16-21(29)25-22(30)17-19/h2,4,6,19,28H,7-17H2,1H3,(H,25,29,30). The number of aliphatic hydroxyl groups is 1. The first kappa shape index (κ1) is 26.6. The number of aromatic nitrogens is 2. The molecule has 1 aliphatic rings. The molecule has 2 amide bonds. The first-order valence-electron chi connectivity index (χ1n) is 11.5. The van der Waals surface area contributed by atoms with Gasteiger partial charge in [0.15, 0.2) is 0 Å². The van der Waals surface area contributed by atoms with Gasteiger partial charge in [-0.3, -0.25) is 24.0 Å². The first-order chi connectivity index (χ1) is 17.0. The topological polar surface area (TPSA) is 130 Å². The number of fused-ring (bicyclic) bond motifs is 1. The van der Waals surface area contributed by atoms with Crippen molar-refractivity contribution in [3.05, 3.63) is 34.2 Å². The number of nitrogens with one attached hydrogen (secondary N) is 1. The van der Waals surface area contributed by atoms with Crippen molar-refractivity contribution in [2.75, 3.05) is 59.5 Å². The monoisotopic (exact) mass is 489 g/mol. The Balaban J connectivity index is 1.48. The molecule has 0 atom stereocenters. The highest BCUT2D eigenvalue weighted by atomic mass is 16.6. The molecule has 0 bridgehead atoms. The quantitative estimate of drug-likeness (QED) is 0.223. The van der Waals surface area contributed by atoms with Crippen LogP contribution in [0.25, 0.3) is 11.0 Å². The average molecular weight is 490 g/mol. The summed E-state index contributed by atoms with van der Waals surface area (Å²) in [4.78, 5) is 36.6. The van der Waals surface area contributed by atoms with Crippen LogP contribution in [0.4, 0.5) is 0 Å². The van der Waals surface area contributed by atoms with Gasteiger partial charge in [-0.2, -0.15) is 0 Å². The summed E-state index contributed by atoms with van der Waals surface area (Å²) in [5.74, 6) is 5.23. The molecule has 0 aliphatic carbocycles. The molecule has 1 aliphatic heterocycles. The van der Waals surface area contributed by atoms with E-state index in [4.69, 9.17) is 24.1 Å². The van der Waals surface area contributed by atoms with Crippen molar-refractivity contribution in [2.45, 2.75) is 18.9 Å². The van der Waals surface area contributed by atoms with Gasteiger partial charge in [-0.05, 0) is 12.1 Å². The van der Waals surface area contributed by atoms with Crippen LogP contribution in [0.1, 0.15) is 24.4 Å². The van der Waals surface area contributed by atoms with Crippen LogP contribution in [-0.4, -0.2) is 85.5 Å². The second-order valence-electron chi connectivity index (χ2n) is 7.83. The van der Waals surface area contributed by atoms with E-state index >= 15 is 0 Å². The van der Waals surface area contributed by atoms with E-state index in [0.717, 1.165) is 0 Å². The third-order valence-electron chi connectivity index (χ3n) is 5.34. The van der Waals surface area contributed by atoms with E-state index in [0.29, 0.717) is 62.8 Å². The number of piperidine rings is 1. The number of amides is 2. The van der Waals surface area contributed by atoms with E-state index < -0.39 is 6.04 Å². The first-order valence-corrected chi connectivity index (χ1v) is 11.5. The summed E-state index contributed by atoms with van der Waals surface area (Å²) in [6.07, 6.45) is 0.142. The Bertz CT molecular complexity index is 1110. The number of hydrogen-bond acceptors (Lipinski definition) is 8. The number of aryl methyl sites for hydroxylation is 1. The Kier molecular flexibility index (Phi) is 10.5. The molecule has 190 valence electrons. The second kappa shape index (κ2) is 13.8. The molecular weight excluding hydrogens is 458 g/mol. The van der Waals surface area contributed by atoms with Gasteiger partial charge >= 0.3 is 5.69 Å². The van der Waals surface area contributed by atoms with E-state index in [9.17, 15) is 14.4 Å². The Morgan fingerprint density at radius 1 is 0.943 bits per heavy atom. The van der Waals surface area contributed by atoms with Gasteiger partial charge in [0.05, 0.1) is 75.5 Å². The number of para-hydroxylation sites is 1. The summed E-state index contributed by atoms with van der Waals surface area (Å²) in [5.41, 5.74) is 1.64. The molecule has 2 heterocycles. The molecule has 0 unspecified atom stereocenters. The lowest BCUT2D eigenvalue weighted by Gasteiger charge is -2.22. The summed E-state index contributed by atoms with van der Waals surface area (Å²) in [6, 6.07) is 4.88. The molecule has 1 fully saturated rings. The predicted octanol–water partition coefficient (Wildman–Crippen LogP) is -0.272. The van der Waals surface area contributed by atoms with E-state index in [1.165, 1.54) is 9.13 Å². The van der Waals surface area contributed by atoms with Crippen LogP contribution >= 0.6 is 0 Å². The average Bonchev–Trinajstić information content (AvgIpc) is 3.09. The smallest absolute Gasteiger partial charge is 0.329 e. The third kappa shape index (κ3) is 7.48. The SMILES string of the molecule is Cn1c(=O)n(C2CC(=O)NC(=O)C2)c2cccc(C#CCOCCOCCOCCOCCO)c21. The number of ether oxygens (including phenoxy) is 4. The van der Waals surface area contributed by atoms with Crippen LogP contribution < -0.4 is 11.0 Å². The van der Waals surface area contributed by atoms with Crippen LogP contribution in [0.5, 0.6) is 0 Å². The molecule has 0 saturated carbocycles. The second-order valence-corrected chi connectivity index (χ2v) is 7.83. The van der Waals surface area contributed by atoms with E-state index in [1.807, 2.05) is 6.07 Å². The fourth-order valence-corrected chi connectivity index (χ4v) is 3.81. The van der Waals surface area contributed by atoms with Gasteiger partial charge in [0.25, 0.3) is 0 Å². The van der Waals surface area contributed by atoms with Crippen LogP contribution in [0.2, 0.25) is 0 Å². The number of rotatable bonds is 13. The number of aliphatic hydroxyl groups excluding tert-OH is 1. The number of carbonyl (C=O) groups is 2. The fourth-order valence-electron chi connectivity index (χ4n) is 3.81. The molecule has 2 aromatic rings. The van der Waals surface area contributed by atoms with E-state index in [-0.39, 0.29) is 43.6 Å². The summed E-state index contributed by atoms with van der Waals surface area (Å²) >= 11 is 0. The molecular formula is C24H31N3O8. The highest BCUT2D eigenvalue weighted by Gasteiger charge is 2.29. The van der Waals surface area contributed by atoms with Gasteiger partial charge in [0.1, 0.15) is 6.61 Å². The minimum Gasteiger partial charge on any atom is -0.394 e. The molecule has 11 heteroatoms. The lowest BCUT2D eigenvalue weighted by Crippen LogP contribution is -2.41. The van der Waals surface area contributed by atoms with Gasteiger partial charge in [0, 0.05) is 19.9 Å². The normalized spacial score (nSPS) is 14.2. The zero-order valence-corrected chi connectivity index (χ0v) is 19.8. The van der Waals surface area contributed by atoms with Gasteiger partial charge in [0.2, 0.25) is 11.8 Å². The third-order valence-corrected chi connectivity index (χ3v) is 5.34. The minimum atomic E-state index is -0.524. The van der Waals surface area contributed by atoms with Crippen molar-refractivity contribution in [1.29, 1.82) is 0 Å². The zero-order valence-electron chi connectivity index (χ0n) is 19.8. The molecule has 35 heavy (non-hydrogen) atoms. The lowest BCUT2D eigenvalue weighted by molar-refractivity contribution is -0.134. The molecule has 1 saturated heterocycles. The maximum atomic E-state index is 12.9. The van der Waals surface area contributed by atoms with Crippen LogP contribution in [0.15, 0.2) is 23.0 Å².